The molecule has 2 aromatic carbocycles. The molecule has 0 spiro atoms. The van der Waals surface area contributed by atoms with Gasteiger partial charge in [0.25, 0.3) is 5.91 Å². The third-order valence-electron chi connectivity index (χ3n) is 4.94. The molecule has 9 heteroatoms. The summed E-state index contributed by atoms with van der Waals surface area (Å²) in [6.07, 6.45) is -9.96. The van der Waals surface area contributed by atoms with E-state index < -0.39 is 29.4 Å². The number of hydrogen-bond acceptors (Lipinski definition) is 1. The number of carbonyl (C=O) groups is 1. The highest BCUT2D eigenvalue weighted by Gasteiger charge is 2.37. The summed E-state index contributed by atoms with van der Waals surface area (Å²) >= 11 is 0. The molecule has 0 aliphatic carbocycles. The summed E-state index contributed by atoms with van der Waals surface area (Å²) in [4.78, 5) is 11.8. The van der Waals surface area contributed by atoms with E-state index in [2.05, 4.69) is 0 Å². The van der Waals surface area contributed by atoms with E-state index in [0.717, 1.165) is 11.1 Å². The number of benzene rings is 2. The van der Waals surface area contributed by atoms with Crippen molar-refractivity contribution in [3.8, 4) is 11.3 Å². The number of aryl methyl sites for hydroxylation is 1. The Balaban J connectivity index is 2.26. The van der Waals surface area contributed by atoms with Crippen LogP contribution in [0, 0.1) is 13.8 Å². The normalized spacial score (nSPS) is 12.3. The molecule has 0 aliphatic rings. The molecule has 0 saturated heterocycles. The summed E-state index contributed by atoms with van der Waals surface area (Å²) in [5.74, 6) is -0.829. The summed E-state index contributed by atoms with van der Waals surface area (Å²) in [7, 11) is 0. The molecule has 1 aromatic heterocycles. The maximum atomic E-state index is 13.3. The van der Waals surface area contributed by atoms with Crippen LogP contribution in [0.5, 0.6) is 0 Å². The number of rotatable bonds is 4. The zero-order valence-corrected chi connectivity index (χ0v) is 16.5. The molecule has 3 aromatic rings. The van der Waals surface area contributed by atoms with Crippen LogP contribution in [0.2, 0.25) is 0 Å². The van der Waals surface area contributed by atoms with Crippen LogP contribution in [0.4, 0.5) is 26.3 Å². The quantitative estimate of drug-likeness (QED) is 0.501. The fourth-order valence-electron chi connectivity index (χ4n) is 3.43. The van der Waals surface area contributed by atoms with Crippen molar-refractivity contribution in [1.29, 1.82) is 0 Å². The van der Waals surface area contributed by atoms with E-state index in [1.165, 1.54) is 17.6 Å². The van der Waals surface area contributed by atoms with Crippen LogP contribution in [0.25, 0.3) is 11.3 Å². The number of primary amides is 1. The fourth-order valence-corrected chi connectivity index (χ4v) is 3.43. The average molecular weight is 440 g/mol. The van der Waals surface area contributed by atoms with Crippen LogP contribution in [0.1, 0.15) is 38.3 Å². The standard InChI is InChI=1S/C22H18F6N2O/c1-12-4-3-5-14(6-12)11-30-13(2)18(20(29)31)10-19(30)15-7-16(21(23,24)25)9-17(8-15)22(26,27)28/h3-10H,11H2,1-2H3,(H2,29,31). The minimum absolute atomic E-state index is 0.0219. The number of nitrogens with two attached hydrogens (primary N) is 1. The predicted molar refractivity (Wildman–Crippen MR) is 103 cm³/mol. The van der Waals surface area contributed by atoms with E-state index in [4.69, 9.17) is 5.73 Å². The molecule has 0 atom stereocenters. The highest BCUT2D eigenvalue weighted by atomic mass is 19.4. The summed E-state index contributed by atoms with van der Waals surface area (Å²) in [5.41, 5.74) is 4.29. The second-order valence-electron chi connectivity index (χ2n) is 7.26. The molecule has 2 N–H and O–H groups in total. The number of hydrogen-bond donors (Lipinski definition) is 1. The van der Waals surface area contributed by atoms with Crippen molar-refractivity contribution in [3.63, 3.8) is 0 Å². The number of aromatic nitrogens is 1. The lowest BCUT2D eigenvalue weighted by atomic mass is 10.0. The van der Waals surface area contributed by atoms with Crippen molar-refractivity contribution in [2.45, 2.75) is 32.7 Å². The highest BCUT2D eigenvalue weighted by Crippen LogP contribution is 2.39. The van der Waals surface area contributed by atoms with Gasteiger partial charge in [-0.15, -0.1) is 0 Å². The Morgan fingerprint density at radius 2 is 1.48 bits per heavy atom. The summed E-state index contributed by atoms with van der Waals surface area (Å²) < 4.78 is 81.3. The molecule has 0 fully saturated rings. The first-order chi connectivity index (χ1) is 14.3. The maximum absolute atomic E-state index is 13.3. The van der Waals surface area contributed by atoms with Crippen LogP contribution < -0.4 is 5.73 Å². The SMILES string of the molecule is Cc1cccc(Cn2c(-c3cc(C(F)(F)F)cc(C(F)(F)F)c3)cc(C(N)=O)c2C)c1. The van der Waals surface area contributed by atoms with Crippen LogP contribution in [0.3, 0.4) is 0 Å². The number of halogens is 6. The molecule has 3 rings (SSSR count). The second kappa shape index (κ2) is 7.79. The molecule has 1 amide bonds. The van der Waals surface area contributed by atoms with Gasteiger partial charge in [-0.3, -0.25) is 4.79 Å². The Kier molecular flexibility index (Phi) is 5.64. The van der Waals surface area contributed by atoms with E-state index in [-0.39, 0.29) is 29.4 Å². The van der Waals surface area contributed by atoms with Crippen molar-refractivity contribution in [3.05, 3.63) is 82.0 Å². The number of alkyl halides is 6. The third kappa shape index (κ3) is 4.76. The molecule has 0 bridgehead atoms. The topological polar surface area (TPSA) is 48.0 Å². The van der Waals surface area contributed by atoms with Crippen molar-refractivity contribution < 1.29 is 31.1 Å². The first-order valence-corrected chi connectivity index (χ1v) is 9.12. The maximum Gasteiger partial charge on any atom is 0.416 e. The smallest absolute Gasteiger partial charge is 0.366 e. The van der Waals surface area contributed by atoms with Gasteiger partial charge in [0.1, 0.15) is 0 Å². The van der Waals surface area contributed by atoms with Crippen LogP contribution in [-0.4, -0.2) is 10.5 Å². The van der Waals surface area contributed by atoms with Crippen LogP contribution in [-0.2, 0) is 18.9 Å². The Morgan fingerprint density at radius 1 is 0.903 bits per heavy atom. The molecule has 0 saturated carbocycles. The monoisotopic (exact) mass is 440 g/mol. The minimum Gasteiger partial charge on any atom is -0.366 e. The Morgan fingerprint density at radius 3 is 1.97 bits per heavy atom. The van der Waals surface area contributed by atoms with Crippen molar-refractivity contribution in [2.24, 2.45) is 5.73 Å². The first-order valence-electron chi connectivity index (χ1n) is 9.12. The largest absolute Gasteiger partial charge is 0.416 e. The lowest BCUT2D eigenvalue weighted by Crippen LogP contribution is -2.13. The minimum atomic E-state index is -4.98. The van der Waals surface area contributed by atoms with Gasteiger partial charge in [0.2, 0.25) is 0 Å². The fraction of sp³-hybridized carbons (Fsp3) is 0.227. The number of amides is 1. The van der Waals surface area contributed by atoms with E-state index in [9.17, 15) is 31.1 Å². The Labute approximate surface area is 174 Å². The summed E-state index contributed by atoms with van der Waals surface area (Å²) in [5, 5.41) is 0. The van der Waals surface area contributed by atoms with Crippen molar-refractivity contribution >= 4 is 5.91 Å². The highest BCUT2D eigenvalue weighted by molar-refractivity contribution is 5.95. The Hall–Kier alpha value is -3.23. The molecular weight excluding hydrogens is 422 g/mol. The average Bonchev–Trinajstić information content (AvgIpc) is 2.97. The van der Waals surface area contributed by atoms with Gasteiger partial charge >= 0.3 is 12.4 Å². The van der Waals surface area contributed by atoms with Gasteiger partial charge in [0.15, 0.2) is 0 Å². The van der Waals surface area contributed by atoms with Crippen molar-refractivity contribution in [1.82, 2.24) is 4.57 Å². The molecule has 3 nitrogen and oxygen atoms in total. The zero-order chi connectivity index (χ0) is 23.1. The van der Waals surface area contributed by atoms with Gasteiger partial charge in [-0.25, -0.2) is 0 Å². The lowest BCUT2D eigenvalue weighted by Gasteiger charge is -2.17. The molecular formula is C22H18F6N2O. The zero-order valence-electron chi connectivity index (χ0n) is 16.5. The van der Waals surface area contributed by atoms with E-state index >= 15 is 0 Å². The van der Waals surface area contributed by atoms with E-state index in [1.807, 2.05) is 19.1 Å². The molecule has 1 heterocycles. The Bertz CT molecular complexity index is 1110. The molecule has 31 heavy (non-hydrogen) atoms. The van der Waals surface area contributed by atoms with E-state index in [0.29, 0.717) is 17.8 Å². The first kappa shape index (κ1) is 22.5. The summed E-state index contributed by atoms with van der Waals surface area (Å²) in [6.45, 7) is 3.52. The molecule has 0 aliphatic heterocycles. The number of nitrogens with zero attached hydrogens (tertiary/aromatic N) is 1. The van der Waals surface area contributed by atoms with Gasteiger partial charge < -0.3 is 10.3 Å². The molecule has 164 valence electrons. The van der Waals surface area contributed by atoms with Crippen molar-refractivity contribution in [2.75, 3.05) is 0 Å². The molecule has 0 radical (unpaired) electrons. The van der Waals surface area contributed by atoms with Crippen LogP contribution >= 0.6 is 0 Å². The lowest BCUT2D eigenvalue weighted by molar-refractivity contribution is -0.143. The van der Waals surface area contributed by atoms with Gasteiger partial charge in [0.05, 0.1) is 16.7 Å². The van der Waals surface area contributed by atoms with Gasteiger partial charge in [-0.2, -0.15) is 26.3 Å². The van der Waals surface area contributed by atoms with Gasteiger partial charge in [-0.1, -0.05) is 29.8 Å². The summed E-state index contributed by atoms with van der Waals surface area (Å²) in [6, 6.07) is 9.81. The van der Waals surface area contributed by atoms with Crippen LogP contribution in [0.15, 0.2) is 48.5 Å². The second-order valence-corrected chi connectivity index (χ2v) is 7.26. The predicted octanol–water partition coefficient (Wildman–Crippen LogP) is 5.96. The third-order valence-corrected chi connectivity index (χ3v) is 4.94. The van der Waals surface area contributed by atoms with E-state index in [1.54, 1.807) is 12.1 Å². The van der Waals surface area contributed by atoms with Gasteiger partial charge in [0, 0.05) is 17.9 Å². The number of carbonyl (C=O) groups excluding carboxylic acids is 1. The molecule has 0 unspecified atom stereocenters. The van der Waals surface area contributed by atoms with Gasteiger partial charge in [-0.05, 0) is 49.2 Å².